The lowest BCUT2D eigenvalue weighted by Crippen LogP contribution is -2.27. The van der Waals surface area contributed by atoms with Crippen LogP contribution in [0, 0.1) is 13.8 Å². The van der Waals surface area contributed by atoms with Gasteiger partial charge in [0.05, 0.1) is 6.42 Å². The standard InChI is InChI=1S/C13H17NO/c1-9-3-4-10(2)11(7-9)8-13(15)14-12-5-6-12/h3-4,7,12H,5-6,8H2,1-2H3,(H,14,15). The smallest absolute Gasteiger partial charge is 0.224 e. The zero-order chi connectivity index (χ0) is 10.8. The molecule has 0 spiro atoms. The SMILES string of the molecule is Cc1ccc(C)c(CC(=O)NC2CC2)c1. The summed E-state index contributed by atoms with van der Waals surface area (Å²) in [5.41, 5.74) is 3.56. The highest BCUT2D eigenvalue weighted by atomic mass is 16.1. The number of aryl methyl sites for hydroxylation is 2. The molecule has 80 valence electrons. The van der Waals surface area contributed by atoms with E-state index >= 15 is 0 Å². The van der Waals surface area contributed by atoms with Crippen molar-refractivity contribution in [2.24, 2.45) is 0 Å². The van der Waals surface area contributed by atoms with Crippen LogP contribution in [-0.2, 0) is 11.2 Å². The summed E-state index contributed by atoms with van der Waals surface area (Å²) >= 11 is 0. The van der Waals surface area contributed by atoms with Crippen molar-refractivity contribution < 1.29 is 4.79 Å². The molecule has 0 unspecified atom stereocenters. The highest BCUT2D eigenvalue weighted by molar-refractivity contribution is 5.79. The number of amides is 1. The molecule has 1 aromatic carbocycles. The first-order valence-electron chi connectivity index (χ1n) is 5.50. The van der Waals surface area contributed by atoms with Crippen molar-refractivity contribution >= 4 is 5.91 Å². The van der Waals surface area contributed by atoms with Gasteiger partial charge in [-0.3, -0.25) is 4.79 Å². The van der Waals surface area contributed by atoms with Crippen LogP contribution < -0.4 is 5.32 Å². The van der Waals surface area contributed by atoms with Crippen LogP contribution in [0.4, 0.5) is 0 Å². The van der Waals surface area contributed by atoms with Gasteiger partial charge in [-0.15, -0.1) is 0 Å². The quantitative estimate of drug-likeness (QED) is 0.801. The molecule has 1 aliphatic carbocycles. The van der Waals surface area contributed by atoms with E-state index in [1.807, 2.05) is 0 Å². The molecule has 0 heterocycles. The number of benzene rings is 1. The van der Waals surface area contributed by atoms with Crippen LogP contribution in [0.15, 0.2) is 18.2 Å². The van der Waals surface area contributed by atoms with E-state index in [1.54, 1.807) is 0 Å². The van der Waals surface area contributed by atoms with E-state index in [4.69, 9.17) is 0 Å². The number of rotatable bonds is 3. The van der Waals surface area contributed by atoms with Gasteiger partial charge in [0, 0.05) is 6.04 Å². The van der Waals surface area contributed by atoms with Crippen LogP contribution in [0.1, 0.15) is 29.5 Å². The van der Waals surface area contributed by atoms with E-state index in [0.717, 1.165) is 18.4 Å². The predicted molar refractivity (Wildman–Crippen MR) is 60.8 cm³/mol. The van der Waals surface area contributed by atoms with Crippen LogP contribution in [0.25, 0.3) is 0 Å². The fourth-order valence-corrected chi connectivity index (χ4v) is 1.67. The summed E-state index contributed by atoms with van der Waals surface area (Å²) in [7, 11) is 0. The fraction of sp³-hybridized carbons (Fsp3) is 0.462. The molecular weight excluding hydrogens is 186 g/mol. The molecule has 0 atom stereocenters. The van der Waals surface area contributed by atoms with E-state index in [-0.39, 0.29) is 5.91 Å². The average Bonchev–Trinajstić information content (AvgIpc) is 2.95. The molecule has 1 fully saturated rings. The Labute approximate surface area is 90.7 Å². The zero-order valence-corrected chi connectivity index (χ0v) is 9.34. The van der Waals surface area contributed by atoms with Crippen molar-refractivity contribution in [1.29, 1.82) is 0 Å². The Morgan fingerprint density at radius 1 is 1.40 bits per heavy atom. The summed E-state index contributed by atoms with van der Waals surface area (Å²) in [6, 6.07) is 6.72. The van der Waals surface area contributed by atoms with E-state index < -0.39 is 0 Å². The fourth-order valence-electron chi connectivity index (χ4n) is 1.67. The summed E-state index contributed by atoms with van der Waals surface area (Å²) in [4.78, 5) is 11.6. The maximum Gasteiger partial charge on any atom is 0.224 e. The van der Waals surface area contributed by atoms with E-state index in [0.29, 0.717) is 12.5 Å². The molecule has 1 aliphatic rings. The Morgan fingerprint density at radius 2 is 2.13 bits per heavy atom. The van der Waals surface area contributed by atoms with Gasteiger partial charge in [0.15, 0.2) is 0 Å². The molecule has 0 bridgehead atoms. The Bertz CT molecular complexity index is 380. The first kappa shape index (κ1) is 10.2. The zero-order valence-electron chi connectivity index (χ0n) is 9.34. The molecule has 1 saturated carbocycles. The molecule has 0 radical (unpaired) electrons. The minimum atomic E-state index is 0.159. The topological polar surface area (TPSA) is 29.1 Å². The molecule has 0 saturated heterocycles. The van der Waals surface area contributed by atoms with Crippen LogP contribution in [0.5, 0.6) is 0 Å². The van der Waals surface area contributed by atoms with Gasteiger partial charge in [0.1, 0.15) is 0 Å². The second-order valence-corrected chi connectivity index (χ2v) is 4.45. The number of nitrogens with one attached hydrogen (secondary N) is 1. The predicted octanol–water partition coefficient (Wildman–Crippen LogP) is 2.12. The number of hydrogen-bond acceptors (Lipinski definition) is 1. The van der Waals surface area contributed by atoms with Crippen LogP contribution in [0.3, 0.4) is 0 Å². The lowest BCUT2D eigenvalue weighted by Gasteiger charge is -2.07. The second kappa shape index (κ2) is 4.05. The number of hydrogen-bond donors (Lipinski definition) is 1. The first-order chi connectivity index (χ1) is 7.15. The van der Waals surface area contributed by atoms with Crippen molar-refractivity contribution in [3.63, 3.8) is 0 Å². The van der Waals surface area contributed by atoms with Crippen LogP contribution in [-0.4, -0.2) is 11.9 Å². The maximum absolute atomic E-state index is 11.6. The molecule has 2 rings (SSSR count). The van der Waals surface area contributed by atoms with Crippen molar-refractivity contribution in [1.82, 2.24) is 5.32 Å². The molecule has 15 heavy (non-hydrogen) atoms. The van der Waals surface area contributed by atoms with Gasteiger partial charge in [-0.1, -0.05) is 23.8 Å². The van der Waals surface area contributed by atoms with Gasteiger partial charge >= 0.3 is 0 Å². The summed E-state index contributed by atoms with van der Waals surface area (Å²) in [6.45, 7) is 4.11. The molecule has 0 aliphatic heterocycles. The van der Waals surface area contributed by atoms with Gasteiger partial charge < -0.3 is 5.32 Å². The molecule has 2 nitrogen and oxygen atoms in total. The van der Waals surface area contributed by atoms with Gasteiger partial charge in [0.2, 0.25) is 5.91 Å². The van der Waals surface area contributed by atoms with Gasteiger partial charge in [0.25, 0.3) is 0 Å². The van der Waals surface area contributed by atoms with Gasteiger partial charge in [-0.05, 0) is 37.8 Å². The Hall–Kier alpha value is -1.31. The minimum Gasteiger partial charge on any atom is -0.353 e. The van der Waals surface area contributed by atoms with Crippen molar-refractivity contribution in [3.05, 3.63) is 34.9 Å². The highest BCUT2D eigenvalue weighted by Crippen LogP contribution is 2.19. The van der Waals surface area contributed by atoms with E-state index in [9.17, 15) is 4.79 Å². The monoisotopic (exact) mass is 203 g/mol. The minimum absolute atomic E-state index is 0.159. The van der Waals surface area contributed by atoms with Gasteiger partial charge in [-0.25, -0.2) is 0 Å². The molecular formula is C13H17NO. The number of carbonyl (C=O) groups is 1. The van der Waals surface area contributed by atoms with E-state index in [1.165, 1.54) is 11.1 Å². The summed E-state index contributed by atoms with van der Waals surface area (Å²) in [6.07, 6.45) is 2.82. The van der Waals surface area contributed by atoms with Crippen molar-refractivity contribution in [3.8, 4) is 0 Å². The summed E-state index contributed by atoms with van der Waals surface area (Å²) in [5.74, 6) is 0.159. The maximum atomic E-state index is 11.6. The Kier molecular flexibility index (Phi) is 2.76. The molecule has 1 aromatic rings. The van der Waals surface area contributed by atoms with Crippen LogP contribution >= 0.6 is 0 Å². The highest BCUT2D eigenvalue weighted by Gasteiger charge is 2.23. The largest absolute Gasteiger partial charge is 0.353 e. The second-order valence-electron chi connectivity index (χ2n) is 4.45. The molecule has 0 aromatic heterocycles. The first-order valence-corrected chi connectivity index (χ1v) is 5.50. The summed E-state index contributed by atoms with van der Waals surface area (Å²) < 4.78 is 0. The third-order valence-corrected chi connectivity index (χ3v) is 2.80. The van der Waals surface area contributed by atoms with E-state index in [2.05, 4.69) is 37.4 Å². The Morgan fingerprint density at radius 3 is 2.80 bits per heavy atom. The normalized spacial score (nSPS) is 15.1. The molecule has 2 heteroatoms. The third-order valence-electron chi connectivity index (χ3n) is 2.80. The van der Waals surface area contributed by atoms with Crippen LogP contribution in [0.2, 0.25) is 0 Å². The Balaban J connectivity index is 2.01. The molecule has 1 amide bonds. The average molecular weight is 203 g/mol. The molecule has 1 N–H and O–H groups in total. The third kappa shape index (κ3) is 2.82. The van der Waals surface area contributed by atoms with Crippen molar-refractivity contribution in [2.45, 2.75) is 39.2 Å². The lowest BCUT2D eigenvalue weighted by molar-refractivity contribution is -0.120. The number of carbonyl (C=O) groups excluding carboxylic acids is 1. The summed E-state index contributed by atoms with van der Waals surface area (Å²) in [5, 5.41) is 3.01. The van der Waals surface area contributed by atoms with Gasteiger partial charge in [-0.2, -0.15) is 0 Å². The van der Waals surface area contributed by atoms with Crippen molar-refractivity contribution in [2.75, 3.05) is 0 Å². The lowest BCUT2D eigenvalue weighted by atomic mass is 10.0.